The third-order valence-corrected chi connectivity index (χ3v) is 3.81. The Morgan fingerprint density at radius 1 is 1.42 bits per heavy atom. The molecular formula is C14H19FN2O2. The zero-order valence-corrected chi connectivity index (χ0v) is 10.7. The number of nitrogens with one attached hydrogen (secondary N) is 1. The number of carbonyl (C=O) groups is 1. The number of rotatable bonds is 4. The minimum Gasteiger partial charge on any atom is -0.399 e. The summed E-state index contributed by atoms with van der Waals surface area (Å²) in [5, 5.41) is 11.9. The van der Waals surface area contributed by atoms with Crippen molar-refractivity contribution in [3.63, 3.8) is 0 Å². The molecule has 19 heavy (non-hydrogen) atoms. The Labute approximate surface area is 111 Å². The number of benzene rings is 1. The second-order valence-electron chi connectivity index (χ2n) is 5.08. The van der Waals surface area contributed by atoms with Gasteiger partial charge in [-0.2, -0.15) is 0 Å². The average Bonchev–Trinajstić information content (AvgIpc) is 2.86. The van der Waals surface area contributed by atoms with Crippen molar-refractivity contribution in [2.24, 2.45) is 11.8 Å². The van der Waals surface area contributed by atoms with Gasteiger partial charge in [-0.25, -0.2) is 4.39 Å². The van der Waals surface area contributed by atoms with E-state index in [1.165, 1.54) is 18.2 Å². The first kappa shape index (κ1) is 13.8. The molecule has 0 aromatic heterocycles. The summed E-state index contributed by atoms with van der Waals surface area (Å²) in [6.45, 7) is 0.617. The van der Waals surface area contributed by atoms with Gasteiger partial charge in [-0.3, -0.25) is 4.79 Å². The zero-order valence-electron chi connectivity index (χ0n) is 10.7. The van der Waals surface area contributed by atoms with Crippen molar-refractivity contribution in [3.05, 3.63) is 29.6 Å². The molecule has 0 heterocycles. The fraction of sp³-hybridized carbons (Fsp3) is 0.500. The summed E-state index contributed by atoms with van der Waals surface area (Å²) in [6, 6.07) is 3.95. The molecule has 1 saturated carbocycles. The lowest BCUT2D eigenvalue weighted by atomic mass is 9.97. The molecule has 0 bridgehead atoms. The van der Waals surface area contributed by atoms with E-state index in [9.17, 15) is 14.3 Å². The van der Waals surface area contributed by atoms with Gasteiger partial charge in [0.1, 0.15) is 5.82 Å². The summed E-state index contributed by atoms with van der Waals surface area (Å²) in [7, 11) is 0. The zero-order chi connectivity index (χ0) is 13.8. The molecule has 1 aromatic rings. The van der Waals surface area contributed by atoms with Crippen molar-refractivity contribution in [2.75, 3.05) is 18.9 Å². The highest BCUT2D eigenvalue weighted by molar-refractivity contribution is 5.95. The van der Waals surface area contributed by atoms with Gasteiger partial charge < -0.3 is 16.2 Å². The Morgan fingerprint density at radius 2 is 2.16 bits per heavy atom. The molecule has 0 saturated heterocycles. The van der Waals surface area contributed by atoms with Crippen LogP contribution in [0.1, 0.15) is 29.6 Å². The van der Waals surface area contributed by atoms with Crippen LogP contribution in [0.25, 0.3) is 0 Å². The molecule has 0 spiro atoms. The fourth-order valence-corrected chi connectivity index (χ4v) is 2.66. The maximum atomic E-state index is 13.5. The van der Waals surface area contributed by atoms with Gasteiger partial charge >= 0.3 is 0 Å². The highest BCUT2D eigenvalue weighted by Gasteiger charge is 2.27. The van der Waals surface area contributed by atoms with Crippen molar-refractivity contribution in [2.45, 2.75) is 19.3 Å². The van der Waals surface area contributed by atoms with Crippen LogP contribution < -0.4 is 11.1 Å². The summed E-state index contributed by atoms with van der Waals surface area (Å²) in [4.78, 5) is 11.9. The van der Waals surface area contributed by atoms with E-state index in [1.807, 2.05) is 0 Å². The lowest BCUT2D eigenvalue weighted by Gasteiger charge is -2.17. The molecule has 1 aliphatic rings. The van der Waals surface area contributed by atoms with Crippen LogP contribution in [0.2, 0.25) is 0 Å². The Balaban J connectivity index is 1.96. The summed E-state index contributed by atoms with van der Waals surface area (Å²) in [6.07, 6.45) is 3.05. The molecule has 1 fully saturated rings. The van der Waals surface area contributed by atoms with E-state index in [1.54, 1.807) is 0 Å². The highest BCUT2D eigenvalue weighted by Crippen LogP contribution is 2.30. The van der Waals surface area contributed by atoms with Crippen LogP contribution in [-0.2, 0) is 0 Å². The Morgan fingerprint density at radius 3 is 2.89 bits per heavy atom. The molecule has 5 heteroatoms. The van der Waals surface area contributed by atoms with Crippen molar-refractivity contribution in [3.8, 4) is 0 Å². The predicted molar refractivity (Wildman–Crippen MR) is 71.1 cm³/mol. The van der Waals surface area contributed by atoms with E-state index in [0.29, 0.717) is 12.2 Å². The molecule has 0 radical (unpaired) electrons. The van der Waals surface area contributed by atoms with E-state index in [-0.39, 0.29) is 24.0 Å². The second-order valence-corrected chi connectivity index (χ2v) is 5.08. The molecule has 2 rings (SSSR count). The van der Waals surface area contributed by atoms with Crippen molar-refractivity contribution in [1.29, 1.82) is 0 Å². The fourth-order valence-electron chi connectivity index (χ4n) is 2.66. The maximum Gasteiger partial charge on any atom is 0.254 e. The molecule has 1 aliphatic carbocycles. The molecule has 2 atom stereocenters. The van der Waals surface area contributed by atoms with Gasteiger partial charge in [0.25, 0.3) is 5.91 Å². The lowest BCUT2D eigenvalue weighted by Crippen LogP contribution is -2.32. The molecule has 1 amide bonds. The van der Waals surface area contributed by atoms with Gasteiger partial charge in [0.2, 0.25) is 0 Å². The molecule has 2 unspecified atom stereocenters. The Hall–Kier alpha value is -1.62. The SMILES string of the molecule is Nc1ccc(F)c(C(=O)NCC2CCCC2CO)c1. The van der Waals surface area contributed by atoms with Gasteiger partial charge in [-0.1, -0.05) is 6.42 Å². The maximum absolute atomic E-state index is 13.5. The van der Waals surface area contributed by atoms with Crippen molar-refractivity contribution in [1.82, 2.24) is 5.32 Å². The molecular weight excluding hydrogens is 247 g/mol. The highest BCUT2D eigenvalue weighted by atomic mass is 19.1. The minimum atomic E-state index is -0.572. The molecule has 4 nitrogen and oxygen atoms in total. The van der Waals surface area contributed by atoms with E-state index in [4.69, 9.17) is 5.73 Å². The average molecular weight is 266 g/mol. The van der Waals surface area contributed by atoms with E-state index in [2.05, 4.69) is 5.32 Å². The summed E-state index contributed by atoms with van der Waals surface area (Å²) in [5.41, 5.74) is 5.88. The number of amides is 1. The minimum absolute atomic E-state index is 0.0291. The molecule has 104 valence electrons. The largest absolute Gasteiger partial charge is 0.399 e. The van der Waals surface area contributed by atoms with Gasteiger partial charge in [0, 0.05) is 18.8 Å². The number of hydrogen-bond acceptors (Lipinski definition) is 3. The Kier molecular flexibility index (Phi) is 4.37. The molecule has 0 aliphatic heterocycles. The standard InChI is InChI=1S/C14H19FN2O2/c15-13-5-4-11(16)6-12(13)14(19)17-7-9-2-1-3-10(9)8-18/h4-6,9-10,18H,1-3,7-8,16H2,(H,17,19). The number of hydrogen-bond donors (Lipinski definition) is 3. The van der Waals surface area contributed by atoms with Crippen molar-refractivity contribution >= 4 is 11.6 Å². The van der Waals surface area contributed by atoms with Crippen LogP contribution in [0, 0.1) is 17.7 Å². The second kappa shape index (κ2) is 6.02. The van der Waals surface area contributed by atoms with Gasteiger partial charge in [0.15, 0.2) is 0 Å². The quantitative estimate of drug-likeness (QED) is 0.724. The number of aliphatic hydroxyl groups is 1. The molecule has 1 aromatic carbocycles. The van der Waals surface area contributed by atoms with Crippen LogP contribution in [0.15, 0.2) is 18.2 Å². The van der Waals surface area contributed by atoms with Crippen LogP contribution >= 0.6 is 0 Å². The van der Waals surface area contributed by atoms with Gasteiger partial charge in [0.05, 0.1) is 5.56 Å². The first-order valence-corrected chi connectivity index (χ1v) is 6.56. The van der Waals surface area contributed by atoms with Crippen LogP contribution in [0.4, 0.5) is 10.1 Å². The lowest BCUT2D eigenvalue weighted by molar-refractivity contribution is 0.0934. The smallest absolute Gasteiger partial charge is 0.254 e. The Bertz CT molecular complexity index is 465. The first-order chi connectivity index (χ1) is 9.11. The van der Waals surface area contributed by atoms with Gasteiger partial charge in [-0.05, 0) is 42.9 Å². The monoisotopic (exact) mass is 266 g/mol. The third-order valence-electron chi connectivity index (χ3n) is 3.81. The van der Waals surface area contributed by atoms with E-state index in [0.717, 1.165) is 19.3 Å². The number of anilines is 1. The van der Waals surface area contributed by atoms with Crippen molar-refractivity contribution < 1.29 is 14.3 Å². The summed E-state index contributed by atoms with van der Waals surface area (Å²) < 4.78 is 13.5. The summed E-state index contributed by atoms with van der Waals surface area (Å²) >= 11 is 0. The van der Waals surface area contributed by atoms with E-state index < -0.39 is 11.7 Å². The number of carbonyl (C=O) groups excluding carboxylic acids is 1. The number of nitrogens with two attached hydrogens (primary N) is 1. The van der Waals surface area contributed by atoms with Crippen LogP contribution in [-0.4, -0.2) is 24.2 Å². The summed E-state index contributed by atoms with van der Waals surface area (Å²) in [5.74, 6) is -0.505. The molecule has 4 N–H and O–H groups in total. The topological polar surface area (TPSA) is 75.4 Å². The number of halogens is 1. The van der Waals surface area contributed by atoms with Crippen LogP contribution in [0.3, 0.4) is 0 Å². The first-order valence-electron chi connectivity index (χ1n) is 6.56. The van der Waals surface area contributed by atoms with E-state index >= 15 is 0 Å². The van der Waals surface area contributed by atoms with Crippen LogP contribution in [0.5, 0.6) is 0 Å². The predicted octanol–water partition coefficient (Wildman–Crippen LogP) is 1.55. The number of aliphatic hydroxyl groups excluding tert-OH is 1. The third kappa shape index (κ3) is 3.23. The number of nitrogen functional groups attached to an aromatic ring is 1. The normalized spacial score (nSPS) is 22.4. The van der Waals surface area contributed by atoms with Gasteiger partial charge in [-0.15, -0.1) is 0 Å².